The summed E-state index contributed by atoms with van der Waals surface area (Å²) in [5.41, 5.74) is 8.14. The lowest BCUT2D eigenvalue weighted by Crippen LogP contribution is -2.08. The highest BCUT2D eigenvalue weighted by atomic mass is 19.1. The van der Waals surface area contributed by atoms with Crippen molar-refractivity contribution < 1.29 is 4.39 Å². The van der Waals surface area contributed by atoms with Crippen molar-refractivity contribution in [1.29, 1.82) is 0 Å². The zero-order valence-electron chi connectivity index (χ0n) is 11.9. The first-order valence-electron chi connectivity index (χ1n) is 6.66. The number of hydrogen-bond donors (Lipinski definition) is 1. The lowest BCUT2D eigenvalue weighted by atomic mass is 10.0. The van der Waals surface area contributed by atoms with Gasteiger partial charge in [-0.15, -0.1) is 0 Å². The molecular formula is C15H20FN3. The maximum absolute atomic E-state index is 13.2. The highest BCUT2D eigenvalue weighted by Crippen LogP contribution is 2.69. The molecule has 1 saturated carbocycles. The Balaban J connectivity index is 2.01. The molecule has 0 amide bonds. The van der Waals surface area contributed by atoms with E-state index in [0.717, 1.165) is 12.1 Å². The first-order valence-corrected chi connectivity index (χ1v) is 6.66. The quantitative estimate of drug-likeness (QED) is 0.900. The molecule has 0 atom stereocenters. The summed E-state index contributed by atoms with van der Waals surface area (Å²) in [7, 11) is 0. The lowest BCUT2D eigenvalue weighted by Gasteiger charge is -2.08. The molecule has 19 heavy (non-hydrogen) atoms. The van der Waals surface area contributed by atoms with Gasteiger partial charge in [-0.05, 0) is 28.9 Å². The van der Waals surface area contributed by atoms with Gasteiger partial charge in [0.05, 0.1) is 11.0 Å². The topological polar surface area (TPSA) is 43.8 Å². The van der Waals surface area contributed by atoms with Crippen LogP contribution >= 0.6 is 0 Å². The number of nitrogen functional groups attached to an aromatic ring is 1. The van der Waals surface area contributed by atoms with E-state index in [-0.39, 0.29) is 5.82 Å². The first kappa shape index (κ1) is 12.5. The zero-order chi connectivity index (χ0) is 14.0. The van der Waals surface area contributed by atoms with E-state index in [9.17, 15) is 4.39 Å². The van der Waals surface area contributed by atoms with Crippen molar-refractivity contribution in [3.05, 3.63) is 24.0 Å². The van der Waals surface area contributed by atoms with Gasteiger partial charge in [0.15, 0.2) is 0 Å². The summed E-state index contributed by atoms with van der Waals surface area (Å²) in [4.78, 5) is 4.25. The number of hydrogen-bond acceptors (Lipinski definition) is 2. The van der Waals surface area contributed by atoms with Crippen molar-refractivity contribution in [3.63, 3.8) is 0 Å². The number of halogens is 1. The molecule has 1 fully saturated rings. The van der Waals surface area contributed by atoms with Gasteiger partial charge in [-0.3, -0.25) is 0 Å². The van der Waals surface area contributed by atoms with Gasteiger partial charge in [-0.25, -0.2) is 9.37 Å². The van der Waals surface area contributed by atoms with Crippen molar-refractivity contribution in [2.24, 2.45) is 16.7 Å². The Morgan fingerprint density at radius 1 is 1.26 bits per heavy atom. The summed E-state index contributed by atoms with van der Waals surface area (Å²) >= 11 is 0. The van der Waals surface area contributed by atoms with Crippen molar-refractivity contribution in [3.8, 4) is 0 Å². The van der Waals surface area contributed by atoms with Crippen LogP contribution in [0, 0.1) is 22.6 Å². The third-order valence-corrected chi connectivity index (χ3v) is 5.42. The summed E-state index contributed by atoms with van der Waals surface area (Å²) in [6.07, 6.45) is 0. The zero-order valence-corrected chi connectivity index (χ0v) is 11.9. The van der Waals surface area contributed by atoms with E-state index in [2.05, 4.69) is 32.7 Å². The van der Waals surface area contributed by atoms with Gasteiger partial charge in [0.2, 0.25) is 5.95 Å². The molecule has 0 aliphatic heterocycles. The molecule has 1 aromatic heterocycles. The van der Waals surface area contributed by atoms with Gasteiger partial charge in [0.25, 0.3) is 0 Å². The average Bonchev–Trinajstić information content (AvgIpc) is 2.57. The molecule has 2 N–H and O–H groups in total. The normalized spacial score (nSPS) is 20.9. The van der Waals surface area contributed by atoms with Crippen LogP contribution in [-0.2, 0) is 6.54 Å². The summed E-state index contributed by atoms with van der Waals surface area (Å²) in [6, 6.07) is 4.66. The van der Waals surface area contributed by atoms with Crippen molar-refractivity contribution in [1.82, 2.24) is 9.55 Å². The molecule has 0 spiro atoms. The predicted octanol–water partition coefficient (Wildman–Crippen LogP) is 3.44. The Morgan fingerprint density at radius 2 is 1.89 bits per heavy atom. The Hall–Kier alpha value is -1.58. The van der Waals surface area contributed by atoms with Crippen LogP contribution in [0.15, 0.2) is 18.2 Å². The largest absolute Gasteiger partial charge is 0.369 e. The van der Waals surface area contributed by atoms with E-state index in [1.807, 2.05) is 4.57 Å². The second-order valence-corrected chi connectivity index (χ2v) is 6.71. The van der Waals surface area contributed by atoms with E-state index < -0.39 is 0 Å². The molecule has 0 bridgehead atoms. The number of fused-ring (bicyclic) bond motifs is 1. The standard InChI is InChI=1S/C15H20FN3/c1-14(2)12(15(14,3)4)8-19-11-6-5-9(16)7-10(11)18-13(19)17/h5-7,12H,8H2,1-4H3,(H2,17,18). The Morgan fingerprint density at radius 3 is 2.47 bits per heavy atom. The summed E-state index contributed by atoms with van der Waals surface area (Å²) in [5.74, 6) is 0.757. The minimum absolute atomic E-state index is 0.274. The first-order chi connectivity index (χ1) is 8.75. The van der Waals surface area contributed by atoms with E-state index >= 15 is 0 Å². The number of anilines is 1. The van der Waals surface area contributed by atoms with Gasteiger partial charge in [-0.1, -0.05) is 27.7 Å². The number of nitrogens with zero attached hydrogens (tertiary/aromatic N) is 2. The maximum Gasteiger partial charge on any atom is 0.201 e. The smallest absolute Gasteiger partial charge is 0.201 e. The van der Waals surface area contributed by atoms with Crippen LogP contribution in [0.2, 0.25) is 0 Å². The molecule has 1 aliphatic carbocycles. The van der Waals surface area contributed by atoms with Crippen molar-refractivity contribution in [2.75, 3.05) is 5.73 Å². The molecule has 1 aliphatic rings. The Labute approximate surface area is 112 Å². The number of imidazole rings is 1. The summed E-state index contributed by atoms with van der Waals surface area (Å²) in [6.45, 7) is 9.98. The maximum atomic E-state index is 13.2. The SMILES string of the molecule is CC1(C)C(Cn2c(N)nc3cc(F)ccc32)C1(C)C. The fraction of sp³-hybridized carbons (Fsp3) is 0.533. The Kier molecular flexibility index (Phi) is 2.29. The van der Waals surface area contributed by atoms with Crippen molar-refractivity contribution in [2.45, 2.75) is 34.2 Å². The van der Waals surface area contributed by atoms with Crippen LogP contribution in [0.1, 0.15) is 27.7 Å². The number of nitrogens with two attached hydrogens (primary N) is 1. The highest BCUT2D eigenvalue weighted by molar-refractivity contribution is 5.78. The third-order valence-electron chi connectivity index (χ3n) is 5.42. The van der Waals surface area contributed by atoms with Gasteiger partial charge < -0.3 is 10.3 Å². The van der Waals surface area contributed by atoms with Crippen LogP contribution in [0.5, 0.6) is 0 Å². The molecule has 1 aromatic carbocycles. The third kappa shape index (κ3) is 1.58. The second kappa shape index (κ2) is 3.50. The number of rotatable bonds is 2. The highest BCUT2D eigenvalue weighted by Gasteiger charge is 2.64. The fourth-order valence-electron chi connectivity index (χ4n) is 3.29. The molecule has 102 valence electrons. The van der Waals surface area contributed by atoms with Crippen LogP contribution in [-0.4, -0.2) is 9.55 Å². The molecule has 3 rings (SSSR count). The molecule has 4 heteroatoms. The van der Waals surface area contributed by atoms with Crippen molar-refractivity contribution >= 4 is 17.0 Å². The summed E-state index contributed by atoms with van der Waals surface area (Å²) < 4.78 is 15.2. The number of aromatic nitrogens is 2. The second-order valence-electron chi connectivity index (χ2n) is 6.71. The predicted molar refractivity (Wildman–Crippen MR) is 75.2 cm³/mol. The minimum atomic E-state index is -0.274. The van der Waals surface area contributed by atoms with Crippen LogP contribution < -0.4 is 5.73 Å². The monoisotopic (exact) mass is 261 g/mol. The van der Waals surface area contributed by atoms with E-state index in [1.54, 1.807) is 6.07 Å². The van der Waals surface area contributed by atoms with Gasteiger partial charge >= 0.3 is 0 Å². The molecule has 2 aromatic rings. The molecule has 0 saturated heterocycles. The minimum Gasteiger partial charge on any atom is -0.369 e. The van der Waals surface area contributed by atoms with Gasteiger partial charge in [0, 0.05) is 12.6 Å². The van der Waals surface area contributed by atoms with Gasteiger partial charge in [0.1, 0.15) is 5.82 Å². The average molecular weight is 261 g/mol. The van der Waals surface area contributed by atoms with Crippen LogP contribution in [0.25, 0.3) is 11.0 Å². The van der Waals surface area contributed by atoms with E-state index in [4.69, 9.17) is 5.73 Å². The fourth-order valence-corrected chi connectivity index (χ4v) is 3.29. The molecular weight excluding hydrogens is 241 g/mol. The lowest BCUT2D eigenvalue weighted by molar-refractivity contribution is 0.457. The molecule has 0 unspecified atom stereocenters. The molecule has 1 heterocycles. The van der Waals surface area contributed by atoms with E-state index in [1.165, 1.54) is 12.1 Å². The van der Waals surface area contributed by atoms with Crippen LogP contribution in [0.4, 0.5) is 10.3 Å². The number of benzene rings is 1. The summed E-state index contributed by atoms with van der Waals surface area (Å²) in [5, 5.41) is 0. The molecule has 0 radical (unpaired) electrons. The van der Waals surface area contributed by atoms with Crippen LogP contribution in [0.3, 0.4) is 0 Å². The molecule has 3 nitrogen and oxygen atoms in total. The Bertz CT molecular complexity index is 641. The van der Waals surface area contributed by atoms with Gasteiger partial charge in [-0.2, -0.15) is 0 Å². The van der Waals surface area contributed by atoms with E-state index in [0.29, 0.717) is 28.2 Å².